The molecule has 64 heavy (non-hydrogen) atoms. The molecule has 0 spiro atoms. The van der Waals surface area contributed by atoms with E-state index in [0.29, 0.717) is 11.5 Å². The summed E-state index contributed by atoms with van der Waals surface area (Å²) in [5.74, 6) is 2.94. The largest absolute Gasteiger partial charge is 0.457 e. The Morgan fingerprint density at radius 3 is 1.28 bits per heavy atom. The van der Waals surface area contributed by atoms with Crippen LogP contribution in [0.4, 0.5) is 45.5 Å². The van der Waals surface area contributed by atoms with Gasteiger partial charge in [0.2, 0.25) is 0 Å². The van der Waals surface area contributed by atoms with E-state index in [1.165, 1.54) is 5.56 Å². The molecular formula is C58H48N4O2. The van der Waals surface area contributed by atoms with Gasteiger partial charge >= 0.3 is 0 Å². The zero-order chi connectivity index (χ0) is 44.0. The van der Waals surface area contributed by atoms with Gasteiger partial charge in [0.25, 0.3) is 0 Å². The van der Waals surface area contributed by atoms with Gasteiger partial charge in [0.05, 0.1) is 11.4 Å². The van der Waals surface area contributed by atoms with E-state index in [2.05, 4.69) is 151 Å². The van der Waals surface area contributed by atoms with Crippen LogP contribution in [-0.2, 0) is 0 Å². The van der Waals surface area contributed by atoms with Gasteiger partial charge in [-0.05, 0) is 146 Å². The Balaban J connectivity index is 1.05. The highest BCUT2D eigenvalue weighted by atomic mass is 16.5. The summed E-state index contributed by atoms with van der Waals surface area (Å²) in [7, 11) is 0. The smallest absolute Gasteiger partial charge is 0.127 e. The first-order valence-electron chi connectivity index (χ1n) is 21.3. The van der Waals surface area contributed by atoms with E-state index in [0.717, 1.165) is 89.7 Å². The summed E-state index contributed by atoms with van der Waals surface area (Å²) in [6.07, 6.45) is 7.48. The van der Waals surface area contributed by atoms with Crippen LogP contribution in [0.2, 0.25) is 0 Å². The molecule has 6 heteroatoms. The fourth-order valence-electron chi connectivity index (χ4n) is 8.00. The van der Waals surface area contributed by atoms with E-state index in [4.69, 9.17) is 20.9 Å². The molecule has 0 aliphatic carbocycles. The molecule has 0 aliphatic rings. The summed E-state index contributed by atoms with van der Waals surface area (Å²) in [6, 6.07) is 66.5. The second-order valence-electron chi connectivity index (χ2n) is 15.5. The van der Waals surface area contributed by atoms with Crippen molar-refractivity contribution >= 4 is 67.0 Å². The molecule has 0 unspecified atom stereocenters. The Morgan fingerprint density at radius 2 is 0.859 bits per heavy atom. The standard InChI is InChI=1S/C58H48N4O2/c1-4-6-11-47(5-2)63-49-32-26-45(27-33-49)61(57-38-36-55(59)51-12-7-9-14-53(51)57)43-22-18-41(19-23-43)42-20-24-44(25-21-42)62(58-39-37-56(60)52-13-8-10-15-54(52)58)46-28-34-50(35-29-46)64-48-30-16-40(3)17-31-48/h4-39H,2,59-60H2,1,3H3/b6-4-,47-11+. The predicted octanol–water partition coefficient (Wildman–Crippen LogP) is 15.9. The van der Waals surface area contributed by atoms with Gasteiger partial charge in [-0.1, -0.05) is 109 Å². The van der Waals surface area contributed by atoms with Crippen LogP contribution >= 0.6 is 0 Å². The van der Waals surface area contributed by atoms with Crippen LogP contribution in [-0.4, -0.2) is 0 Å². The van der Waals surface area contributed by atoms with Crippen molar-refractivity contribution in [3.05, 3.63) is 236 Å². The van der Waals surface area contributed by atoms with Crippen molar-refractivity contribution < 1.29 is 9.47 Å². The summed E-state index contributed by atoms with van der Waals surface area (Å²) in [5, 5.41) is 4.12. The Labute approximate surface area is 374 Å². The zero-order valence-corrected chi connectivity index (χ0v) is 35.9. The number of anilines is 8. The molecule has 0 aromatic heterocycles. The maximum Gasteiger partial charge on any atom is 0.127 e. The maximum absolute atomic E-state index is 6.50. The van der Waals surface area contributed by atoms with Gasteiger partial charge in [-0.15, -0.1) is 0 Å². The van der Waals surface area contributed by atoms with Gasteiger partial charge in [0, 0.05) is 55.7 Å². The molecule has 9 aromatic carbocycles. The highest BCUT2D eigenvalue weighted by Crippen LogP contribution is 2.44. The highest BCUT2D eigenvalue weighted by Gasteiger charge is 2.19. The Kier molecular flexibility index (Phi) is 11.7. The van der Waals surface area contributed by atoms with Crippen molar-refractivity contribution in [3.63, 3.8) is 0 Å². The molecule has 0 atom stereocenters. The zero-order valence-electron chi connectivity index (χ0n) is 35.9. The number of nitrogens with zero attached hydrogens (tertiary/aromatic N) is 2. The lowest BCUT2D eigenvalue weighted by Gasteiger charge is -2.28. The number of aryl methyl sites for hydroxylation is 1. The number of hydrogen-bond donors (Lipinski definition) is 2. The van der Waals surface area contributed by atoms with Gasteiger partial charge in [-0.25, -0.2) is 0 Å². The lowest BCUT2D eigenvalue weighted by molar-refractivity contribution is 0.445. The van der Waals surface area contributed by atoms with E-state index >= 15 is 0 Å². The maximum atomic E-state index is 6.50. The van der Waals surface area contributed by atoms with Crippen LogP contribution in [0.1, 0.15) is 12.5 Å². The summed E-state index contributed by atoms with van der Waals surface area (Å²) in [4.78, 5) is 4.53. The first-order valence-corrected chi connectivity index (χ1v) is 21.3. The molecule has 0 radical (unpaired) electrons. The monoisotopic (exact) mass is 832 g/mol. The second-order valence-corrected chi connectivity index (χ2v) is 15.5. The summed E-state index contributed by atoms with van der Waals surface area (Å²) in [5.41, 5.74) is 23.9. The fraction of sp³-hybridized carbons (Fsp3) is 0.0345. The third-order valence-electron chi connectivity index (χ3n) is 11.3. The van der Waals surface area contributed by atoms with Gasteiger partial charge < -0.3 is 30.7 Å². The quantitative estimate of drug-likeness (QED) is 0.0685. The number of benzene rings is 9. The number of hydrogen-bond acceptors (Lipinski definition) is 6. The lowest BCUT2D eigenvalue weighted by atomic mass is 10.0. The van der Waals surface area contributed by atoms with Crippen molar-refractivity contribution in [2.75, 3.05) is 21.3 Å². The Morgan fingerprint density at radius 1 is 0.469 bits per heavy atom. The Hall–Kier alpha value is -8.48. The summed E-state index contributed by atoms with van der Waals surface area (Å²) >= 11 is 0. The number of allylic oxidation sites excluding steroid dienone is 4. The minimum absolute atomic E-state index is 0.667. The SMILES string of the molecule is C=C/C(=C\C=C/C)Oc1ccc(N(c2ccc(-c3ccc(N(c4ccc(Oc5ccc(C)cc5)cc4)c4ccc(N)c5ccccc45)cc3)cc2)c2ccc(N)c3ccccc23)cc1. The van der Waals surface area contributed by atoms with Gasteiger partial charge in [-0.2, -0.15) is 0 Å². The minimum Gasteiger partial charge on any atom is -0.457 e. The van der Waals surface area contributed by atoms with Gasteiger partial charge in [-0.3, -0.25) is 0 Å². The molecule has 0 bridgehead atoms. The van der Waals surface area contributed by atoms with Gasteiger partial charge in [0.15, 0.2) is 0 Å². The van der Waals surface area contributed by atoms with Crippen molar-refractivity contribution in [3.8, 4) is 28.4 Å². The van der Waals surface area contributed by atoms with Crippen molar-refractivity contribution in [1.82, 2.24) is 0 Å². The lowest BCUT2D eigenvalue weighted by Crippen LogP contribution is -2.11. The van der Waals surface area contributed by atoms with Crippen LogP contribution in [0.15, 0.2) is 231 Å². The average molecular weight is 833 g/mol. The molecule has 0 amide bonds. The molecule has 0 fully saturated rings. The van der Waals surface area contributed by atoms with Gasteiger partial charge in [0.1, 0.15) is 23.0 Å². The molecule has 4 N–H and O–H groups in total. The number of fused-ring (bicyclic) bond motifs is 2. The van der Waals surface area contributed by atoms with E-state index in [1.54, 1.807) is 6.08 Å². The normalized spacial score (nSPS) is 11.5. The van der Waals surface area contributed by atoms with Crippen LogP contribution in [0.5, 0.6) is 17.2 Å². The average Bonchev–Trinajstić information content (AvgIpc) is 3.34. The third kappa shape index (κ3) is 8.53. The fourth-order valence-corrected chi connectivity index (χ4v) is 8.00. The minimum atomic E-state index is 0.667. The topological polar surface area (TPSA) is 77.0 Å². The highest BCUT2D eigenvalue weighted by molar-refractivity contribution is 6.05. The molecule has 0 heterocycles. The predicted molar refractivity (Wildman–Crippen MR) is 270 cm³/mol. The number of nitrogen functional groups attached to an aromatic ring is 2. The molecule has 0 saturated carbocycles. The molecule has 9 rings (SSSR count). The summed E-state index contributed by atoms with van der Waals surface area (Å²) in [6.45, 7) is 7.94. The first-order chi connectivity index (χ1) is 31.4. The van der Waals surface area contributed by atoms with Crippen LogP contribution in [0.25, 0.3) is 32.7 Å². The first kappa shape index (κ1) is 40.9. The number of ether oxygens (including phenoxy) is 2. The van der Waals surface area contributed by atoms with Crippen LogP contribution < -0.4 is 30.7 Å². The summed E-state index contributed by atoms with van der Waals surface area (Å²) < 4.78 is 12.3. The molecule has 312 valence electrons. The number of nitrogens with two attached hydrogens (primary N) is 2. The number of rotatable bonds is 13. The molecule has 9 aromatic rings. The molecule has 0 saturated heterocycles. The third-order valence-corrected chi connectivity index (χ3v) is 11.3. The molecule has 0 aliphatic heterocycles. The van der Waals surface area contributed by atoms with E-state index in [1.807, 2.05) is 91.9 Å². The van der Waals surface area contributed by atoms with E-state index in [9.17, 15) is 0 Å². The second kappa shape index (κ2) is 18.2. The van der Waals surface area contributed by atoms with Crippen molar-refractivity contribution in [2.45, 2.75) is 13.8 Å². The van der Waals surface area contributed by atoms with Crippen molar-refractivity contribution in [2.24, 2.45) is 0 Å². The van der Waals surface area contributed by atoms with Crippen LogP contribution in [0, 0.1) is 6.92 Å². The van der Waals surface area contributed by atoms with Crippen LogP contribution in [0.3, 0.4) is 0 Å². The molecular weight excluding hydrogens is 785 g/mol. The molecule has 6 nitrogen and oxygen atoms in total. The van der Waals surface area contributed by atoms with Crippen molar-refractivity contribution in [1.29, 1.82) is 0 Å². The van der Waals surface area contributed by atoms with E-state index < -0.39 is 0 Å². The Bertz CT molecular complexity index is 3140. The van der Waals surface area contributed by atoms with E-state index in [-0.39, 0.29) is 0 Å².